The summed E-state index contributed by atoms with van der Waals surface area (Å²) in [5.41, 5.74) is 0.345. The van der Waals surface area contributed by atoms with Gasteiger partial charge in [-0.1, -0.05) is 17.7 Å². The predicted molar refractivity (Wildman–Crippen MR) is 80.3 cm³/mol. The molecule has 102 valence electrons. The highest BCUT2D eigenvalue weighted by molar-refractivity contribution is 7.09. The molecule has 2 aromatic rings. The summed E-state index contributed by atoms with van der Waals surface area (Å²) in [4.78, 5) is 13.1. The number of aromatic nitrogens is 2. The highest BCUT2D eigenvalue weighted by Gasteiger charge is 2.11. The Hall–Kier alpha value is -1.33. The van der Waals surface area contributed by atoms with Gasteiger partial charge < -0.3 is 5.32 Å². The van der Waals surface area contributed by atoms with Gasteiger partial charge in [-0.05, 0) is 25.3 Å². The highest BCUT2D eigenvalue weighted by atomic mass is 35.5. The number of nitrogens with zero attached hydrogens (tertiary/aromatic N) is 2. The number of anilines is 1. The smallest absolute Gasteiger partial charge is 0.287 e. The first-order valence-corrected chi connectivity index (χ1v) is 7.42. The number of thiophene rings is 1. The van der Waals surface area contributed by atoms with Crippen molar-refractivity contribution >= 4 is 28.6 Å². The van der Waals surface area contributed by atoms with Gasteiger partial charge in [0.05, 0.1) is 11.9 Å². The molecular formula is C13H16ClN3OS. The number of hydrogen-bond donors (Lipinski definition) is 1. The molecule has 19 heavy (non-hydrogen) atoms. The van der Waals surface area contributed by atoms with Crippen LogP contribution in [0.5, 0.6) is 0 Å². The molecule has 0 aliphatic heterocycles. The first-order chi connectivity index (χ1) is 9.11. The zero-order chi connectivity index (χ0) is 13.8. The number of aryl methyl sites for hydroxylation is 1. The maximum absolute atomic E-state index is 11.8. The van der Waals surface area contributed by atoms with E-state index in [2.05, 4.69) is 28.8 Å². The molecule has 0 aromatic carbocycles. The van der Waals surface area contributed by atoms with Gasteiger partial charge in [0.15, 0.2) is 0 Å². The first kappa shape index (κ1) is 14.1. The van der Waals surface area contributed by atoms with E-state index in [1.165, 1.54) is 9.56 Å². The molecule has 0 bridgehead atoms. The largest absolute Gasteiger partial charge is 0.380 e. The first-order valence-electron chi connectivity index (χ1n) is 6.16. The zero-order valence-electron chi connectivity index (χ0n) is 10.9. The monoisotopic (exact) mass is 297 g/mol. The molecule has 1 unspecified atom stereocenters. The molecule has 1 atom stereocenters. The van der Waals surface area contributed by atoms with Crippen LogP contribution in [0.4, 0.5) is 5.69 Å². The average molecular weight is 298 g/mol. The highest BCUT2D eigenvalue weighted by Crippen LogP contribution is 2.18. The number of halogens is 1. The van der Waals surface area contributed by atoms with Crippen molar-refractivity contribution in [2.24, 2.45) is 0 Å². The zero-order valence-corrected chi connectivity index (χ0v) is 12.5. The van der Waals surface area contributed by atoms with Crippen LogP contribution < -0.4 is 10.9 Å². The number of rotatable bonds is 5. The van der Waals surface area contributed by atoms with Crippen LogP contribution in [0, 0.1) is 0 Å². The van der Waals surface area contributed by atoms with Crippen molar-refractivity contribution in [1.82, 2.24) is 9.78 Å². The summed E-state index contributed by atoms with van der Waals surface area (Å²) in [6, 6.07) is 4.32. The van der Waals surface area contributed by atoms with Crippen molar-refractivity contribution in [3.05, 3.63) is 44.0 Å². The van der Waals surface area contributed by atoms with Crippen LogP contribution in [-0.2, 0) is 13.0 Å². The van der Waals surface area contributed by atoms with Gasteiger partial charge >= 0.3 is 0 Å². The van der Waals surface area contributed by atoms with Gasteiger partial charge in [0, 0.05) is 23.9 Å². The fraction of sp³-hybridized carbons (Fsp3) is 0.385. The quantitative estimate of drug-likeness (QED) is 0.923. The molecule has 0 aliphatic rings. The Kier molecular flexibility index (Phi) is 4.61. The van der Waals surface area contributed by atoms with Crippen molar-refractivity contribution in [2.75, 3.05) is 5.32 Å². The van der Waals surface area contributed by atoms with Crippen LogP contribution in [0.15, 0.2) is 28.5 Å². The Morgan fingerprint density at radius 2 is 2.37 bits per heavy atom. The summed E-state index contributed by atoms with van der Waals surface area (Å²) in [5.74, 6) is 0. The van der Waals surface area contributed by atoms with Gasteiger partial charge in [-0.15, -0.1) is 11.3 Å². The van der Waals surface area contributed by atoms with Crippen LogP contribution in [0.1, 0.15) is 18.7 Å². The van der Waals surface area contributed by atoms with E-state index >= 15 is 0 Å². The van der Waals surface area contributed by atoms with Crippen molar-refractivity contribution in [3.8, 4) is 0 Å². The Morgan fingerprint density at radius 3 is 3.00 bits per heavy atom. The second kappa shape index (κ2) is 6.21. The van der Waals surface area contributed by atoms with Crippen LogP contribution >= 0.6 is 22.9 Å². The molecule has 6 heteroatoms. The average Bonchev–Trinajstić information content (AvgIpc) is 2.88. The van der Waals surface area contributed by atoms with Crippen molar-refractivity contribution in [2.45, 2.75) is 32.9 Å². The van der Waals surface area contributed by atoms with E-state index in [1.807, 2.05) is 13.0 Å². The molecule has 1 N–H and O–H groups in total. The van der Waals surface area contributed by atoms with Gasteiger partial charge in [0.25, 0.3) is 5.56 Å². The van der Waals surface area contributed by atoms with E-state index in [0.717, 1.165) is 6.42 Å². The lowest BCUT2D eigenvalue weighted by Crippen LogP contribution is -2.25. The third-order valence-electron chi connectivity index (χ3n) is 2.77. The fourth-order valence-corrected chi connectivity index (χ4v) is 2.87. The maximum Gasteiger partial charge on any atom is 0.287 e. The minimum Gasteiger partial charge on any atom is -0.380 e. The van der Waals surface area contributed by atoms with Crippen molar-refractivity contribution in [3.63, 3.8) is 0 Å². The molecule has 2 aromatic heterocycles. The molecule has 0 radical (unpaired) electrons. The second-order valence-electron chi connectivity index (χ2n) is 4.32. The molecular weight excluding hydrogens is 282 g/mol. The van der Waals surface area contributed by atoms with E-state index in [0.29, 0.717) is 12.2 Å². The lowest BCUT2D eigenvalue weighted by molar-refractivity contribution is 0.615. The molecule has 0 saturated heterocycles. The SMILES string of the molecule is CCn1ncc(NC(C)Cc2cccs2)c(Cl)c1=O. The molecule has 0 fully saturated rings. The lowest BCUT2D eigenvalue weighted by Gasteiger charge is -2.15. The van der Waals surface area contributed by atoms with Gasteiger partial charge in [0.2, 0.25) is 0 Å². The standard InChI is InChI=1S/C13H16ClN3OS/c1-3-17-13(18)12(14)11(8-15-17)16-9(2)7-10-5-4-6-19-10/h4-6,8-9,16H,3,7H2,1-2H3. The lowest BCUT2D eigenvalue weighted by atomic mass is 10.2. The molecule has 0 saturated carbocycles. The molecule has 0 amide bonds. The summed E-state index contributed by atoms with van der Waals surface area (Å²) in [7, 11) is 0. The van der Waals surface area contributed by atoms with E-state index in [4.69, 9.17) is 11.6 Å². The van der Waals surface area contributed by atoms with Crippen molar-refractivity contribution in [1.29, 1.82) is 0 Å². The summed E-state index contributed by atoms with van der Waals surface area (Å²) in [5, 5.41) is 9.57. The van der Waals surface area contributed by atoms with Crippen LogP contribution in [-0.4, -0.2) is 15.8 Å². The minimum atomic E-state index is -0.252. The Balaban J connectivity index is 2.11. The maximum atomic E-state index is 11.8. The summed E-state index contributed by atoms with van der Waals surface area (Å²) in [6.07, 6.45) is 2.50. The Morgan fingerprint density at radius 1 is 1.58 bits per heavy atom. The minimum absolute atomic E-state index is 0.190. The van der Waals surface area contributed by atoms with Gasteiger partial charge in [-0.3, -0.25) is 4.79 Å². The van der Waals surface area contributed by atoms with Crippen LogP contribution in [0.3, 0.4) is 0 Å². The number of hydrogen-bond acceptors (Lipinski definition) is 4. The second-order valence-corrected chi connectivity index (χ2v) is 5.73. The molecule has 0 spiro atoms. The molecule has 0 aliphatic carbocycles. The van der Waals surface area contributed by atoms with Crippen molar-refractivity contribution < 1.29 is 0 Å². The Bertz CT molecular complexity index is 594. The van der Waals surface area contributed by atoms with E-state index < -0.39 is 0 Å². The molecule has 2 heterocycles. The van der Waals surface area contributed by atoms with Gasteiger partial charge in [-0.2, -0.15) is 5.10 Å². The van der Waals surface area contributed by atoms with E-state index in [9.17, 15) is 4.79 Å². The summed E-state index contributed by atoms with van der Waals surface area (Å²) in [6.45, 7) is 4.43. The third-order valence-corrected chi connectivity index (χ3v) is 4.04. The van der Waals surface area contributed by atoms with E-state index in [-0.39, 0.29) is 16.6 Å². The van der Waals surface area contributed by atoms with E-state index in [1.54, 1.807) is 17.5 Å². The third kappa shape index (κ3) is 3.36. The molecule has 4 nitrogen and oxygen atoms in total. The Labute approximate surface area is 121 Å². The summed E-state index contributed by atoms with van der Waals surface area (Å²) < 4.78 is 1.34. The van der Waals surface area contributed by atoms with Crippen LogP contribution in [0.25, 0.3) is 0 Å². The predicted octanol–water partition coefficient (Wildman–Crippen LogP) is 3.02. The summed E-state index contributed by atoms with van der Waals surface area (Å²) >= 11 is 7.79. The van der Waals surface area contributed by atoms with Crippen LogP contribution in [0.2, 0.25) is 5.02 Å². The van der Waals surface area contributed by atoms with Gasteiger partial charge in [0.1, 0.15) is 5.02 Å². The molecule has 2 rings (SSSR count). The topological polar surface area (TPSA) is 46.9 Å². The number of nitrogens with one attached hydrogen (secondary N) is 1. The van der Waals surface area contributed by atoms with Gasteiger partial charge in [-0.25, -0.2) is 4.68 Å². The normalized spacial score (nSPS) is 12.4. The fourth-order valence-electron chi connectivity index (χ4n) is 1.84.